The molecular weight excluding hydrogens is 338 g/mol. The number of benzene rings is 1. The lowest BCUT2D eigenvalue weighted by Gasteiger charge is -2.11. The number of carbonyl (C=O) groups excluding carboxylic acids is 1. The van der Waals surface area contributed by atoms with Crippen LogP contribution in [0.5, 0.6) is 0 Å². The van der Waals surface area contributed by atoms with Crippen molar-refractivity contribution in [3.63, 3.8) is 0 Å². The van der Waals surface area contributed by atoms with E-state index < -0.39 is 5.76 Å². The number of aromatic amines is 1. The van der Waals surface area contributed by atoms with Crippen molar-refractivity contribution in [1.29, 1.82) is 0 Å². The Labute approximate surface area is 149 Å². The van der Waals surface area contributed by atoms with E-state index in [1.54, 1.807) is 17.4 Å². The normalized spacial score (nSPS) is 11.3. The Morgan fingerprint density at radius 1 is 1.36 bits per heavy atom. The molecule has 2 heterocycles. The van der Waals surface area contributed by atoms with Crippen LogP contribution in [0, 0.1) is 5.92 Å². The van der Waals surface area contributed by atoms with Crippen molar-refractivity contribution in [3.05, 3.63) is 39.1 Å². The van der Waals surface area contributed by atoms with Crippen LogP contribution in [0.4, 0.5) is 0 Å². The minimum absolute atomic E-state index is 0.0922. The van der Waals surface area contributed by atoms with E-state index in [1.165, 1.54) is 0 Å². The first-order valence-electron chi connectivity index (χ1n) is 8.46. The summed E-state index contributed by atoms with van der Waals surface area (Å²) >= 11 is 1.56. The fraction of sp³-hybridized carbons (Fsp3) is 0.389. The molecule has 0 aliphatic rings. The Hall–Kier alpha value is -2.41. The number of carbonyl (C=O) groups is 1. The standard InChI is InChI=1S/C18H21N3O3S/c1-3-11(4-2)17(22)19-8-7-16-20-14(10-25-16)12-5-6-13-15(9-12)24-18(23)21-13/h5-6,9-11H,3-4,7-8H2,1-2H3,(H,19,22)(H,21,23). The number of rotatable bonds is 7. The fourth-order valence-corrected chi connectivity index (χ4v) is 3.57. The molecule has 0 spiro atoms. The molecule has 3 rings (SSSR count). The van der Waals surface area contributed by atoms with Gasteiger partial charge in [0.25, 0.3) is 0 Å². The molecule has 0 fully saturated rings. The van der Waals surface area contributed by atoms with Crippen LogP contribution in [0.15, 0.2) is 32.8 Å². The molecule has 0 aliphatic heterocycles. The van der Waals surface area contributed by atoms with E-state index >= 15 is 0 Å². The van der Waals surface area contributed by atoms with Crippen LogP contribution < -0.4 is 11.1 Å². The highest BCUT2D eigenvalue weighted by Gasteiger charge is 2.13. The highest BCUT2D eigenvalue weighted by atomic mass is 32.1. The minimum atomic E-state index is -0.459. The van der Waals surface area contributed by atoms with Crippen LogP contribution >= 0.6 is 11.3 Å². The predicted octanol–water partition coefficient (Wildman–Crippen LogP) is 3.34. The van der Waals surface area contributed by atoms with Crippen LogP contribution in [-0.2, 0) is 11.2 Å². The minimum Gasteiger partial charge on any atom is -0.408 e. The van der Waals surface area contributed by atoms with Gasteiger partial charge in [0.05, 0.1) is 16.2 Å². The lowest BCUT2D eigenvalue weighted by molar-refractivity contribution is -0.125. The van der Waals surface area contributed by atoms with Crippen molar-refractivity contribution in [1.82, 2.24) is 15.3 Å². The highest BCUT2D eigenvalue weighted by Crippen LogP contribution is 2.25. The van der Waals surface area contributed by atoms with E-state index in [0.717, 1.165) is 29.1 Å². The third kappa shape index (κ3) is 3.99. The zero-order chi connectivity index (χ0) is 17.8. The third-order valence-corrected chi connectivity index (χ3v) is 5.17. The first kappa shape index (κ1) is 17.4. The summed E-state index contributed by atoms with van der Waals surface area (Å²) in [7, 11) is 0. The van der Waals surface area contributed by atoms with Gasteiger partial charge in [-0.1, -0.05) is 19.9 Å². The number of aromatic nitrogens is 2. The summed E-state index contributed by atoms with van der Waals surface area (Å²) in [6.45, 7) is 4.66. The molecule has 0 saturated heterocycles. The molecule has 1 aromatic carbocycles. The molecule has 0 saturated carbocycles. The Kier molecular flexibility index (Phi) is 5.33. The van der Waals surface area contributed by atoms with E-state index in [-0.39, 0.29) is 11.8 Å². The molecule has 0 atom stereocenters. The summed E-state index contributed by atoms with van der Waals surface area (Å²) in [6, 6.07) is 5.52. The smallest absolute Gasteiger partial charge is 0.408 e. The van der Waals surface area contributed by atoms with Gasteiger partial charge in [-0.05, 0) is 25.0 Å². The van der Waals surface area contributed by atoms with E-state index in [1.807, 2.05) is 31.4 Å². The molecule has 25 heavy (non-hydrogen) atoms. The zero-order valence-corrected chi connectivity index (χ0v) is 15.1. The Morgan fingerprint density at radius 2 is 2.16 bits per heavy atom. The van der Waals surface area contributed by atoms with E-state index in [0.29, 0.717) is 24.1 Å². The van der Waals surface area contributed by atoms with Gasteiger partial charge >= 0.3 is 5.76 Å². The van der Waals surface area contributed by atoms with Gasteiger partial charge < -0.3 is 9.73 Å². The van der Waals surface area contributed by atoms with Gasteiger partial charge in [-0.3, -0.25) is 9.78 Å². The molecule has 0 aliphatic carbocycles. The van der Waals surface area contributed by atoms with Gasteiger partial charge in [-0.2, -0.15) is 0 Å². The maximum atomic E-state index is 12.0. The first-order chi connectivity index (χ1) is 12.1. The lowest BCUT2D eigenvalue weighted by atomic mass is 10.0. The summed E-state index contributed by atoms with van der Waals surface area (Å²) in [5.74, 6) is -0.247. The SMILES string of the molecule is CCC(CC)C(=O)NCCc1nc(-c2ccc3[nH]c(=O)oc3c2)cs1. The largest absolute Gasteiger partial charge is 0.417 e. The van der Waals surface area contributed by atoms with E-state index in [2.05, 4.69) is 15.3 Å². The Morgan fingerprint density at radius 3 is 2.92 bits per heavy atom. The molecule has 0 radical (unpaired) electrons. The number of oxazole rings is 1. The third-order valence-electron chi connectivity index (χ3n) is 4.26. The summed E-state index contributed by atoms with van der Waals surface area (Å²) in [5.41, 5.74) is 2.94. The molecule has 0 unspecified atom stereocenters. The number of fused-ring (bicyclic) bond motifs is 1. The number of nitrogens with one attached hydrogen (secondary N) is 2. The second kappa shape index (κ2) is 7.65. The monoisotopic (exact) mass is 359 g/mol. The van der Waals surface area contributed by atoms with Crippen LogP contribution in [-0.4, -0.2) is 22.4 Å². The van der Waals surface area contributed by atoms with Crippen LogP contribution in [0.1, 0.15) is 31.7 Å². The number of thiazole rings is 1. The van der Waals surface area contributed by atoms with E-state index in [4.69, 9.17) is 4.42 Å². The zero-order valence-electron chi connectivity index (χ0n) is 14.3. The highest BCUT2D eigenvalue weighted by molar-refractivity contribution is 7.09. The number of H-pyrrole nitrogens is 1. The fourth-order valence-electron chi connectivity index (χ4n) is 2.76. The van der Waals surface area contributed by atoms with Gasteiger partial charge in [-0.25, -0.2) is 9.78 Å². The maximum absolute atomic E-state index is 12.0. The second-order valence-electron chi connectivity index (χ2n) is 5.91. The molecule has 2 aromatic heterocycles. The Balaban J connectivity index is 1.63. The van der Waals surface area contributed by atoms with Crippen molar-refractivity contribution < 1.29 is 9.21 Å². The number of hydrogen-bond acceptors (Lipinski definition) is 5. The Bertz CT molecular complexity index is 921. The second-order valence-corrected chi connectivity index (χ2v) is 6.85. The first-order valence-corrected chi connectivity index (χ1v) is 9.34. The quantitative estimate of drug-likeness (QED) is 0.677. The molecule has 6 nitrogen and oxygen atoms in total. The number of amides is 1. The van der Waals surface area contributed by atoms with Crippen molar-refractivity contribution >= 4 is 28.3 Å². The van der Waals surface area contributed by atoms with Crippen molar-refractivity contribution in [2.24, 2.45) is 5.92 Å². The van der Waals surface area contributed by atoms with Gasteiger partial charge in [0.15, 0.2) is 5.58 Å². The molecule has 132 valence electrons. The summed E-state index contributed by atoms with van der Waals surface area (Å²) in [6.07, 6.45) is 2.43. The van der Waals surface area contributed by atoms with Gasteiger partial charge in [0.1, 0.15) is 0 Å². The summed E-state index contributed by atoms with van der Waals surface area (Å²) in [5, 5.41) is 5.93. The average molecular weight is 359 g/mol. The molecular formula is C18H21N3O3S. The lowest BCUT2D eigenvalue weighted by Crippen LogP contribution is -2.31. The molecule has 1 amide bonds. The average Bonchev–Trinajstić information content (AvgIpc) is 3.20. The van der Waals surface area contributed by atoms with E-state index in [9.17, 15) is 9.59 Å². The van der Waals surface area contributed by atoms with Crippen LogP contribution in [0.3, 0.4) is 0 Å². The van der Waals surface area contributed by atoms with Crippen molar-refractivity contribution in [3.8, 4) is 11.3 Å². The van der Waals surface area contributed by atoms with Crippen LogP contribution in [0.25, 0.3) is 22.4 Å². The molecule has 7 heteroatoms. The van der Waals surface area contributed by atoms with Gasteiger partial charge in [0, 0.05) is 29.8 Å². The molecule has 0 bridgehead atoms. The predicted molar refractivity (Wildman–Crippen MR) is 98.7 cm³/mol. The van der Waals surface area contributed by atoms with Crippen molar-refractivity contribution in [2.75, 3.05) is 6.54 Å². The number of nitrogens with zero attached hydrogens (tertiary/aromatic N) is 1. The van der Waals surface area contributed by atoms with Gasteiger partial charge in [0.2, 0.25) is 5.91 Å². The van der Waals surface area contributed by atoms with Gasteiger partial charge in [-0.15, -0.1) is 11.3 Å². The number of hydrogen-bond donors (Lipinski definition) is 2. The van der Waals surface area contributed by atoms with Crippen LogP contribution in [0.2, 0.25) is 0 Å². The molecule has 3 aromatic rings. The maximum Gasteiger partial charge on any atom is 0.417 e. The van der Waals surface area contributed by atoms with Crippen molar-refractivity contribution in [2.45, 2.75) is 33.1 Å². The summed E-state index contributed by atoms with van der Waals surface area (Å²) < 4.78 is 5.09. The molecule has 2 N–H and O–H groups in total. The summed E-state index contributed by atoms with van der Waals surface area (Å²) in [4.78, 5) is 30.4. The topological polar surface area (TPSA) is 88.0 Å².